The number of likely N-dealkylation sites (tertiary alicyclic amines) is 1. The average molecular weight is 733 g/mol. The summed E-state index contributed by atoms with van der Waals surface area (Å²) >= 11 is 6.47. The molecule has 272 valence electrons. The fourth-order valence-electron chi connectivity index (χ4n) is 6.76. The van der Waals surface area contributed by atoms with Crippen molar-refractivity contribution in [3.05, 3.63) is 71.0 Å². The first-order valence-electron chi connectivity index (χ1n) is 16.8. The minimum absolute atomic E-state index is 0.0598. The quantitative estimate of drug-likeness (QED) is 0.377. The van der Waals surface area contributed by atoms with Crippen molar-refractivity contribution >= 4 is 45.2 Å². The Kier molecular flexibility index (Phi) is 10.9. The van der Waals surface area contributed by atoms with Crippen LogP contribution in [0.4, 0.5) is 14.9 Å². The van der Waals surface area contributed by atoms with Gasteiger partial charge in [0.25, 0.3) is 15.9 Å². The number of carbonyl (C=O) groups is 3. The first-order chi connectivity index (χ1) is 23.4. The lowest BCUT2D eigenvalue weighted by Gasteiger charge is -2.45. The zero-order valence-corrected chi connectivity index (χ0v) is 30.8. The summed E-state index contributed by atoms with van der Waals surface area (Å²) in [5, 5.41) is 3.15. The van der Waals surface area contributed by atoms with E-state index in [9.17, 15) is 27.2 Å². The van der Waals surface area contributed by atoms with Gasteiger partial charge in [0.2, 0.25) is 5.91 Å². The Morgan fingerprint density at radius 3 is 2.40 bits per heavy atom. The predicted octanol–water partition coefficient (Wildman–Crippen LogP) is 5.64. The van der Waals surface area contributed by atoms with E-state index in [4.69, 9.17) is 21.1 Å². The molecule has 2 aromatic rings. The van der Waals surface area contributed by atoms with Crippen LogP contribution >= 0.6 is 11.6 Å². The summed E-state index contributed by atoms with van der Waals surface area (Å²) in [6.07, 6.45) is 4.10. The Balaban J connectivity index is 1.50. The summed E-state index contributed by atoms with van der Waals surface area (Å²) in [7, 11) is -4.34. The number of rotatable bonds is 1. The third-order valence-corrected chi connectivity index (χ3v) is 11.5. The summed E-state index contributed by atoms with van der Waals surface area (Å²) < 4.78 is 54.9. The second kappa shape index (κ2) is 14.5. The van der Waals surface area contributed by atoms with Crippen molar-refractivity contribution in [1.29, 1.82) is 0 Å². The van der Waals surface area contributed by atoms with E-state index < -0.39 is 38.9 Å². The number of nitrogens with zero attached hydrogens (tertiary/aromatic N) is 3. The number of hydrogen-bond acceptors (Lipinski definition) is 7. The highest BCUT2D eigenvalue weighted by Gasteiger charge is 2.45. The van der Waals surface area contributed by atoms with Crippen LogP contribution in [0.3, 0.4) is 0 Å². The number of sulfonamides is 1. The fraction of sp³-hybridized carbons (Fsp3) is 0.528. The van der Waals surface area contributed by atoms with E-state index in [1.54, 1.807) is 42.7 Å². The topological polar surface area (TPSA) is 126 Å². The van der Waals surface area contributed by atoms with Gasteiger partial charge in [0.15, 0.2) is 0 Å². The highest BCUT2D eigenvalue weighted by Crippen LogP contribution is 2.36. The molecule has 14 heteroatoms. The molecule has 4 bridgehead atoms. The van der Waals surface area contributed by atoms with Crippen LogP contribution in [-0.4, -0.2) is 93.7 Å². The van der Waals surface area contributed by atoms with Crippen LogP contribution in [0.5, 0.6) is 0 Å². The number of anilines is 1. The monoisotopic (exact) mass is 732 g/mol. The van der Waals surface area contributed by atoms with E-state index in [0.717, 1.165) is 16.4 Å². The number of halogens is 2. The maximum absolute atomic E-state index is 14.2. The number of carbonyl (C=O) groups excluding carboxylic acids is 3. The van der Waals surface area contributed by atoms with Crippen LogP contribution < -0.4 is 9.62 Å². The molecular weight excluding hydrogens is 687 g/mol. The smallest absolute Gasteiger partial charge is 0.410 e. The molecule has 0 saturated carbocycles. The second-order valence-corrected chi connectivity index (χ2v) is 17.4. The lowest BCUT2D eigenvalue weighted by molar-refractivity contribution is -0.139. The number of hydrogen-bond donors (Lipinski definition) is 1. The molecular formula is C36H46ClFN4O7S. The Bertz CT molecular complexity index is 1740. The van der Waals surface area contributed by atoms with Gasteiger partial charge in [-0.05, 0) is 87.9 Å². The van der Waals surface area contributed by atoms with Crippen LogP contribution in [0.25, 0.3) is 0 Å². The van der Waals surface area contributed by atoms with Crippen molar-refractivity contribution in [1.82, 2.24) is 15.1 Å². The molecule has 11 nitrogen and oxygen atoms in total. The standard InChI is InChI=1S/C36H46ClFN4O7S/c1-34(2,3)49-33(45)40-17-14-36(15-18-40)24-48-19-7-6-16-42(28-11-9-26(38)10-12-28)50(46,47)30-20-25(8-13-29(30)37)31(43)41-22-27(39-32(36)44)21-35(4,5)23-41/h6-13,20,27H,14-19,21-24H2,1-5H3,(H,39,44)/b7-6+. The third kappa shape index (κ3) is 8.60. The van der Waals surface area contributed by atoms with Gasteiger partial charge in [0.05, 0.1) is 35.9 Å². The highest BCUT2D eigenvalue weighted by molar-refractivity contribution is 7.93. The van der Waals surface area contributed by atoms with Gasteiger partial charge in [0.1, 0.15) is 16.3 Å². The zero-order chi connectivity index (χ0) is 36.5. The summed E-state index contributed by atoms with van der Waals surface area (Å²) in [5.74, 6) is -1.13. The zero-order valence-electron chi connectivity index (χ0n) is 29.2. The molecule has 3 aliphatic heterocycles. The molecule has 1 unspecified atom stereocenters. The first-order valence-corrected chi connectivity index (χ1v) is 18.6. The molecule has 0 aliphatic carbocycles. The van der Waals surface area contributed by atoms with Gasteiger partial charge < -0.3 is 24.6 Å². The number of ether oxygens (including phenoxy) is 2. The summed E-state index contributed by atoms with van der Waals surface area (Å²) in [6.45, 7) is 10.6. The van der Waals surface area contributed by atoms with E-state index >= 15 is 0 Å². The van der Waals surface area contributed by atoms with Gasteiger partial charge in [-0.25, -0.2) is 17.6 Å². The molecule has 5 rings (SSSR count). The van der Waals surface area contributed by atoms with Gasteiger partial charge in [-0.15, -0.1) is 0 Å². The Labute approximate surface area is 298 Å². The van der Waals surface area contributed by atoms with Crippen LogP contribution in [0, 0.1) is 16.6 Å². The molecule has 0 aromatic heterocycles. The largest absolute Gasteiger partial charge is 0.444 e. The van der Waals surface area contributed by atoms with Crippen molar-refractivity contribution < 1.29 is 36.7 Å². The predicted molar refractivity (Wildman–Crippen MR) is 188 cm³/mol. The summed E-state index contributed by atoms with van der Waals surface area (Å²) in [5.41, 5.74) is -1.65. The minimum atomic E-state index is -4.34. The van der Waals surface area contributed by atoms with Gasteiger partial charge in [0, 0.05) is 37.8 Å². The van der Waals surface area contributed by atoms with E-state index in [-0.39, 0.29) is 64.8 Å². The summed E-state index contributed by atoms with van der Waals surface area (Å²) in [6, 6.07) is 8.80. The lowest BCUT2D eigenvalue weighted by Crippen LogP contribution is -2.59. The van der Waals surface area contributed by atoms with Gasteiger partial charge >= 0.3 is 6.09 Å². The molecule has 3 heterocycles. The minimum Gasteiger partial charge on any atom is -0.444 e. The number of piperidine rings is 2. The van der Waals surface area contributed by atoms with Gasteiger partial charge in [-0.2, -0.15) is 0 Å². The molecule has 3 aliphatic rings. The molecule has 1 spiro atoms. The maximum atomic E-state index is 14.2. The number of nitrogens with one attached hydrogen (secondary N) is 1. The van der Waals surface area contributed by atoms with Crippen molar-refractivity contribution in [3.63, 3.8) is 0 Å². The molecule has 3 amide bonds. The fourth-order valence-corrected chi connectivity index (χ4v) is 8.68. The second-order valence-electron chi connectivity index (χ2n) is 15.1. The molecule has 2 fully saturated rings. The van der Waals surface area contributed by atoms with Gasteiger partial charge in [-0.1, -0.05) is 37.6 Å². The van der Waals surface area contributed by atoms with Gasteiger partial charge in [-0.3, -0.25) is 13.9 Å². The average Bonchev–Trinajstić information content (AvgIpc) is 3.03. The Morgan fingerprint density at radius 1 is 1.06 bits per heavy atom. The van der Waals surface area contributed by atoms with Crippen LogP contribution in [-0.2, 0) is 24.3 Å². The van der Waals surface area contributed by atoms with E-state index in [0.29, 0.717) is 38.9 Å². The van der Waals surface area contributed by atoms with E-state index in [1.165, 1.54) is 30.3 Å². The third-order valence-electron chi connectivity index (χ3n) is 9.23. The van der Waals surface area contributed by atoms with Crippen LogP contribution in [0.2, 0.25) is 5.02 Å². The highest BCUT2D eigenvalue weighted by atomic mass is 35.5. The Morgan fingerprint density at radius 2 is 1.74 bits per heavy atom. The SMILES string of the molecule is CC1(C)CC2CN(C1)C(=O)c1ccc(Cl)c(c1)S(=O)(=O)N(c1ccc(F)cc1)C/C=C/COCC1(CCN(C(=O)OC(C)(C)C)CC1)C(=O)N2. The first kappa shape index (κ1) is 37.6. The van der Waals surface area contributed by atoms with Crippen molar-refractivity contribution in [2.45, 2.75) is 70.4 Å². The normalized spacial score (nSPS) is 23.4. The Hall–Kier alpha value is -3.68. The van der Waals surface area contributed by atoms with E-state index in [2.05, 4.69) is 5.32 Å². The molecule has 2 saturated heterocycles. The lowest BCUT2D eigenvalue weighted by atomic mass is 9.76. The van der Waals surface area contributed by atoms with Crippen LogP contribution in [0.1, 0.15) is 64.2 Å². The van der Waals surface area contributed by atoms with E-state index in [1.807, 2.05) is 13.8 Å². The molecule has 2 aromatic carbocycles. The van der Waals surface area contributed by atoms with Crippen molar-refractivity contribution in [2.24, 2.45) is 10.8 Å². The molecule has 1 atom stereocenters. The summed E-state index contributed by atoms with van der Waals surface area (Å²) in [4.78, 5) is 44.0. The maximum Gasteiger partial charge on any atom is 0.410 e. The molecule has 50 heavy (non-hydrogen) atoms. The van der Waals surface area contributed by atoms with Crippen molar-refractivity contribution in [3.8, 4) is 0 Å². The molecule has 1 N–H and O–H groups in total. The molecule has 0 radical (unpaired) electrons. The van der Waals surface area contributed by atoms with Crippen molar-refractivity contribution in [2.75, 3.05) is 50.2 Å². The van der Waals surface area contributed by atoms with Crippen LogP contribution in [0.15, 0.2) is 59.5 Å². The number of fused-ring (bicyclic) bond motifs is 4. The number of benzene rings is 2. The number of amides is 3.